The van der Waals surface area contributed by atoms with Gasteiger partial charge in [-0.3, -0.25) is 4.90 Å². The van der Waals surface area contributed by atoms with Gasteiger partial charge in [-0.25, -0.2) is 9.59 Å². The van der Waals surface area contributed by atoms with Crippen LogP contribution < -0.4 is 0 Å². The second kappa shape index (κ2) is 11.1. The minimum Gasteiger partial charge on any atom is -0.458 e. The molecule has 0 saturated carbocycles. The van der Waals surface area contributed by atoms with E-state index in [1.807, 2.05) is 48.5 Å². The Bertz CT molecular complexity index is 1300. The molecule has 1 aliphatic carbocycles. The van der Waals surface area contributed by atoms with Gasteiger partial charge in [0.25, 0.3) is 0 Å². The smallest absolute Gasteiger partial charge is 0.416 e. The van der Waals surface area contributed by atoms with Crippen molar-refractivity contribution in [2.45, 2.75) is 57.3 Å². The van der Waals surface area contributed by atoms with Crippen molar-refractivity contribution in [2.24, 2.45) is 0 Å². The molecule has 1 amide bonds. The van der Waals surface area contributed by atoms with Crippen LogP contribution in [0.4, 0.5) is 18.0 Å². The van der Waals surface area contributed by atoms with Gasteiger partial charge in [0.1, 0.15) is 18.2 Å². The lowest BCUT2D eigenvalue weighted by Gasteiger charge is -2.30. The summed E-state index contributed by atoms with van der Waals surface area (Å²) in [6.07, 6.45) is -4.98. The Kier molecular flexibility index (Phi) is 8.04. The number of rotatable bonds is 7. The average molecular weight is 540 g/mol. The van der Waals surface area contributed by atoms with Crippen LogP contribution >= 0.6 is 0 Å². The monoisotopic (exact) mass is 539 g/mol. The number of hydrogen-bond acceptors (Lipinski definition) is 4. The molecule has 4 rings (SSSR count). The van der Waals surface area contributed by atoms with E-state index in [2.05, 4.69) is 0 Å². The molecule has 0 aliphatic heterocycles. The van der Waals surface area contributed by atoms with Crippen molar-refractivity contribution in [3.8, 4) is 11.1 Å². The summed E-state index contributed by atoms with van der Waals surface area (Å²) in [5.41, 5.74) is 3.13. The lowest BCUT2D eigenvalue weighted by Crippen LogP contribution is -2.46. The Morgan fingerprint density at radius 2 is 1.49 bits per heavy atom. The van der Waals surface area contributed by atoms with Crippen molar-refractivity contribution >= 4 is 12.1 Å². The molecule has 0 fully saturated rings. The van der Waals surface area contributed by atoms with E-state index in [0.717, 1.165) is 34.4 Å². The third-order valence-corrected chi connectivity index (χ3v) is 6.73. The molecule has 0 spiro atoms. The van der Waals surface area contributed by atoms with Crippen molar-refractivity contribution in [1.82, 2.24) is 4.90 Å². The normalized spacial score (nSPS) is 13.8. The maximum Gasteiger partial charge on any atom is 0.416 e. The molecule has 0 heterocycles. The fourth-order valence-electron chi connectivity index (χ4n) is 4.87. The molecule has 8 heteroatoms. The Morgan fingerprint density at radius 3 is 2.05 bits per heavy atom. The van der Waals surface area contributed by atoms with Gasteiger partial charge in [0.2, 0.25) is 0 Å². The van der Waals surface area contributed by atoms with Gasteiger partial charge in [0, 0.05) is 13.0 Å². The summed E-state index contributed by atoms with van der Waals surface area (Å²) in [6.45, 7) is 5.21. The third kappa shape index (κ3) is 6.61. The summed E-state index contributed by atoms with van der Waals surface area (Å²) in [5, 5.41) is 0. The van der Waals surface area contributed by atoms with Gasteiger partial charge in [-0.15, -0.1) is 0 Å². The summed E-state index contributed by atoms with van der Waals surface area (Å²) in [7, 11) is 1.44. The first kappa shape index (κ1) is 28.2. The molecule has 1 aliphatic rings. The predicted octanol–water partition coefficient (Wildman–Crippen LogP) is 7.23. The number of halogens is 3. The highest BCUT2D eigenvalue weighted by atomic mass is 19.4. The lowest BCUT2D eigenvalue weighted by atomic mass is 9.98. The molecule has 5 nitrogen and oxygen atoms in total. The quantitative estimate of drug-likeness (QED) is 0.297. The van der Waals surface area contributed by atoms with Crippen molar-refractivity contribution in [3.63, 3.8) is 0 Å². The van der Waals surface area contributed by atoms with Crippen LogP contribution in [0.15, 0.2) is 72.8 Å². The van der Waals surface area contributed by atoms with Crippen LogP contribution in [0.2, 0.25) is 0 Å². The topological polar surface area (TPSA) is 55.8 Å². The van der Waals surface area contributed by atoms with Gasteiger partial charge in [0.05, 0.1) is 5.56 Å². The zero-order chi connectivity index (χ0) is 28.4. The van der Waals surface area contributed by atoms with Crippen molar-refractivity contribution < 1.29 is 32.2 Å². The van der Waals surface area contributed by atoms with E-state index in [1.165, 1.54) is 18.0 Å². The summed E-state index contributed by atoms with van der Waals surface area (Å²) in [5.74, 6) is -0.801. The number of fused-ring (bicyclic) bond motifs is 3. The standard InChI is InChI=1S/C31H32F3NO4/c1-30(2,3)39-28(36)27(17-16-20-10-9-11-21(18-20)31(32,33)34)35(4)29(37)38-19-26-24-14-7-5-12-22(24)23-13-6-8-15-25(23)26/h5-15,18,26-27H,16-17,19H2,1-4H3. The summed E-state index contributed by atoms with van der Waals surface area (Å²) in [6, 6.07) is 19.8. The molecule has 0 aromatic heterocycles. The number of nitrogens with zero attached hydrogens (tertiary/aromatic N) is 1. The number of ether oxygens (including phenoxy) is 2. The highest BCUT2D eigenvalue weighted by Crippen LogP contribution is 2.44. The molecule has 0 saturated heterocycles. The van der Waals surface area contributed by atoms with Crippen molar-refractivity contribution in [3.05, 3.63) is 95.1 Å². The van der Waals surface area contributed by atoms with Gasteiger partial charge in [0.15, 0.2) is 0 Å². The van der Waals surface area contributed by atoms with Crippen LogP contribution in [0.25, 0.3) is 11.1 Å². The number of esters is 1. The van der Waals surface area contributed by atoms with E-state index in [0.29, 0.717) is 5.56 Å². The van der Waals surface area contributed by atoms with E-state index < -0.39 is 35.4 Å². The summed E-state index contributed by atoms with van der Waals surface area (Å²) >= 11 is 0. The van der Waals surface area contributed by atoms with Crippen LogP contribution in [0.1, 0.15) is 55.4 Å². The second-order valence-electron chi connectivity index (χ2n) is 10.7. The lowest BCUT2D eigenvalue weighted by molar-refractivity contribution is -0.160. The van der Waals surface area contributed by atoms with Gasteiger partial charge in [-0.05, 0) is 67.5 Å². The molecule has 39 heavy (non-hydrogen) atoms. The Hall–Kier alpha value is -3.81. The maximum absolute atomic E-state index is 13.2. The Labute approximate surface area is 226 Å². The van der Waals surface area contributed by atoms with Gasteiger partial charge >= 0.3 is 18.2 Å². The van der Waals surface area contributed by atoms with E-state index in [9.17, 15) is 22.8 Å². The van der Waals surface area contributed by atoms with Gasteiger partial charge in [-0.2, -0.15) is 13.2 Å². The maximum atomic E-state index is 13.2. The van der Waals surface area contributed by atoms with E-state index >= 15 is 0 Å². The number of aryl methyl sites for hydroxylation is 1. The fourth-order valence-corrected chi connectivity index (χ4v) is 4.87. The van der Waals surface area contributed by atoms with Crippen LogP contribution in [-0.4, -0.2) is 42.3 Å². The number of carbonyl (C=O) groups excluding carboxylic acids is 2. The summed E-state index contributed by atoms with van der Waals surface area (Å²) < 4.78 is 50.8. The molecule has 0 radical (unpaired) electrons. The second-order valence-corrected chi connectivity index (χ2v) is 10.7. The van der Waals surface area contributed by atoms with Crippen LogP contribution in [0, 0.1) is 0 Å². The van der Waals surface area contributed by atoms with E-state index in [1.54, 1.807) is 26.8 Å². The van der Waals surface area contributed by atoms with Gasteiger partial charge in [-0.1, -0.05) is 66.7 Å². The Balaban J connectivity index is 1.49. The molecular formula is C31H32F3NO4. The van der Waals surface area contributed by atoms with Crippen LogP contribution in [0.5, 0.6) is 0 Å². The third-order valence-electron chi connectivity index (χ3n) is 6.73. The molecule has 1 atom stereocenters. The summed E-state index contributed by atoms with van der Waals surface area (Å²) in [4.78, 5) is 27.4. The minimum atomic E-state index is -4.47. The molecule has 3 aromatic rings. The molecule has 0 N–H and O–H groups in total. The number of amides is 1. The number of carbonyl (C=O) groups is 2. The first-order valence-corrected chi connectivity index (χ1v) is 12.8. The van der Waals surface area contributed by atoms with E-state index in [-0.39, 0.29) is 25.4 Å². The van der Waals surface area contributed by atoms with Crippen LogP contribution in [-0.2, 0) is 26.9 Å². The largest absolute Gasteiger partial charge is 0.458 e. The number of likely N-dealkylation sites (N-methyl/N-ethyl adjacent to an activating group) is 1. The minimum absolute atomic E-state index is 0.0664. The molecule has 0 bridgehead atoms. The highest BCUT2D eigenvalue weighted by Gasteiger charge is 2.34. The number of benzene rings is 3. The Morgan fingerprint density at radius 1 is 0.897 bits per heavy atom. The van der Waals surface area contributed by atoms with Crippen LogP contribution in [0.3, 0.4) is 0 Å². The number of hydrogen-bond donors (Lipinski definition) is 0. The molecule has 3 aromatic carbocycles. The van der Waals surface area contributed by atoms with Crippen molar-refractivity contribution in [2.75, 3.05) is 13.7 Å². The first-order valence-electron chi connectivity index (χ1n) is 12.8. The fraction of sp³-hybridized carbons (Fsp3) is 0.355. The van der Waals surface area contributed by atoms with Gasteiger partial charge < -0.3 is 9.47 Å². The SMILES string of the molecule is CN(C(=O)OCC1c2ccccc2-c2ccccc21)C(CCc1cccc(C(F)(F)F)c1)C(=O)OC(C)(C)C. The zero-order valence-corrected chi connectivity index (χ0v) is 22.4. The predicted molar refractivity (Wildman–Crippen MR) is 142 cm³/mol. The highest BCUT2D eigenvalue weighted by molar-refractivity contribution is 5.82. The molecular weight excluding hydrogens is 507 g/mol. The molecule has 206 valence electrons. The zero-order valence-electron chi connectivity index (χ0n) is 22.4. The molecule has 1 unspecified atom stereocenters. The first-order chi connectivity index (χ1) is 18.3. The van der Waals surface area contributed by atoms with Crippen molar-refractivity contribution in [1.29, 1.82) is 0 Å². The average Bonchev–Trinajstić information content (AvgIpc) is 3.19. The van der Waals surface area contributed by atoms with E-state index in [4.69, 9.17) is 9.47 Å². The number of alkyl halides is 3.